The molecule has 33 heavy (non-hydrogen) atoms. The standard InChI is InChI=1S/C20H24F10S3/c1-19(2,3)15-11-13(32(21,22,23,24)25)7-9-17(15)31-18-10-8-14(33(26,27,28,29)30)12-16(18)20(4,5)6/h7-12H,1-6H3. The van der Waals surface area contributed by atoms with Gasteiger partial charge in [0.05, 0.1) is 0 Å². The van der Waals surface area contributed by atoms with E-state index in [0.29, 0.717) is 12.1 Å². The Hall–Kier alpha value is -1.21. The summed E-state index contributed by atoms with van der Waals surface area (Å²) in [6.07, 6.45) is 0. The van der Waals surface area contributed by atoms with Crippen molar-refractivity contribution in [3.05, 3.63) is 47.5 Å². The first-order chi connectivity index (χ1) is 13.9. The molecule has 0 spiro atoms. The van der Waals surface area contributed by atoms with Crippen molar-refractivity contribution in [2.75, 3.05) is 0 Å². The highest BCUT2D eigenvalue weighted by atomic mass is 32.5. The van der Waals surface area contributed by atoms with Gasteiger partial charge in [-0.15, -0.1) is 0 Å². The van der Waals surface area contributed by atoms with Crippen LogP contribution in [-0.4, -0.2) is 0 Å². The van der Waals surface area contributed by atoms with Crippen molar-refractivity contribution in [2.45, 2.75) is 72.0 Å². The van der Waals surface area contributed by atoms with Gasteiger partial charge in [0.25, 0.3) is 0 Å². The van der Waals surface area contributed by atoms with E-state index in [-0.39, 0.29) is 33.1 Å². The van der Waals surface area contributed by atoms with Crippen molar-refractivity contribution in [3.8, 4) is 0 Å². The molecule has 0 atom stereocenters. The lowest BCUT2D eigenvalue weighted by Crippen LogP contribution is -2.16. The third-order valence-corrected chi connectivity index (χ3v) is 8.07. The largest absolute Gasteiger partial charge is 0.310 e. The molecule has 192 valence electrons. The second kappa shape index (κ2) is 6.31. The molecule has 0 saturated carbocycles. The SMILES string of the molecule is CC(C)(C)c1cc(S(F)(F)(F)(F)F)ccc1Sc1ccc(S(F)(F)(F)(F)F)cc1C(C)(C)C. The van der Waals surface area contributed by atoms with Crippen molar-refractivity contribution in [3.63, 3.8) is 0 Å². The monoisotopic (exact) mass is 550 g/mol. The highest BCUT2D eigenvalue weighted by Crippen LogP contribution is 3.03. The molecule has 0 radical (unpaired) electrons. The molecular formula is C20H24F10S3. The molecule has 0 N–H and O–H groups in total. The zero-order valence-electron chi connectivity index (χ0n) is 18.5. The number of benzene rings is 2. The lowest BCUT2D eigenvalue weighted by atomic mass is 9.87. The maximum atomic E-state index is 13.3. The van der Waals surface area contributed by atoms with Crippen molar-refractivity contribution in [1.82, 2.24) is 0 Å². The Morgan fingerprint density at radius 3 is 1.00 bits per heavy atom. The Bertz CT molecular complexity index is 1010. The molecule has 2 aromatic rings. The van der Waals surface area contributed by atoms with E-state index in [1.165, 1.54) is 41.5 Å². The summed E-state index contributed by atoms with van der Waals surface area (Å²) in [4.78, 5) is -4.01. The topological polar surface area (TPSA) is 0 Å². The first-order valence-corrected chi connectivity index (χ1v) is 14.1. The summed E-state index contributed by atoms with van der Waals surface area (Å²) >= 11 is 0.731. The van der Waals surface area contributed by atoms with E-state index >= 15 is 0 Å². The number of halogens is 10. The van der Waals surface area contributed by atoms with Crippen LogP contribution >= 0.6 is 32.2 Å². The Kier molecular flexibility index (Phi) is 5.36. The summed E-state index contributed by atoms with van der Waals surface area (Å²) in [5, 5.41) is 0. The molecule has 2 aromatic carbocycles. The van der Waals surface area contributed by atoms with Crippen LogP contribution in [0.3, 0.4) is 0 Å². The highest BCUT2D eigenvalue weighted by molar-refractivity contribution is 8.46. The summed E-state index contributed by atoms with van der Waals surface area (Å²) in [7, 11) is -20.0. The number of rotatable bonds is 4. The van der Waals surface area contributed by atoms with Gasteiger partial charge in [0.1, 0.15) is 9.79 Å². The third kappa shape index (κ3) is 6.91. The summed E-state index contributed by atoms with van der Waals surface area (Å²) in [6.45, 7) is 8.94. The van der Waals surface area contributed by atoms with Crippen LogP contribution in [0.2, 0.25) is 0 Å². The molecule has 0 bridgehead atoms. The van der Waals surface area contributed by atoms with E-state index in [2.05, 4.69) is 0 Å². The first-order valence-electron chi connectivity index (χ1n) is 9.34. The minimum atomic E-state index is -9.98. The van der Waals surface area contributed by atoms with Gasteiger partial charge in [-0.3, -0.25) is 0 Å². The predicted octanol–water partition coefficient (Wildman–Crippen LogP) is 11.7. The molecule has 0 aromatic heterocycles. The van der Waals surface area contributed by atoms with E-state index in [1.54, 1.807) is 0 Å². The minimum absolute atomic E-state index is 0.0821. The molecule has 0 aliphatic heterocycles. The van der Waals surface area contributed by atoms with E-state index < -0.39 is 41.1 Å². The van der Waals surface area contributed by atoms with E-state index in [9.17, 15) is 38.9 Å². The van der Waals surface area contributed by atoms with Gasteiger partial charge in [-0.2, -0.15) is 0 Å². The zero-order chi connectivity index (χ0) is 26.2. The Morgan fingerprint density at radius 2 is 0.788 bits per heavy atom. The molecule has 0 saturated heterocycles. The highest BCUT2D eigenvalue weighted by Gasteiger charge is 2.66. The second-order valence-electron chi connectivity index (χ2n) is 9.86. The Balaban J connectivity index is 2.76. The molecule has 0 unspecified atom stereocenters. The van der Waals surface area contributed by atoms with Gasteiger partial charge in [-0.25, -0.2) is 0 Å². The van der Waals surface area contributed by atoms with Gasteiger partial charge >= 0.3 is 20.4 Å². The average Bonchev–Trinajstić information content (AvgIpc) is 2.48. The van der Waals surface area contributed by atoms with Crippen LogP contribution in [0.25, 0.3) is 0 Å². The fourth-order valence-electron chi connectivity index (χ4n) is 2.97. The van der Waals surface area contributed by atoms with Gasteiger partial charge in [0.15, 0.2) is 0 Å². The Morgan fingerprint density at radius 1 is 0.515 bits per heavy atom. The van der Waals surface area contributed by atoms with Crippen molar-refractivity contribution >= 4 is 32.2 Å². The summed E-state index contributed by atoms with van der Waals surface area (Å²) in [6, 6.07) is 2.76. The van der Waals surface area contributed by atoms with Crippen LogP contribution in [0.15, 0.2) is 56.0 Å². The van der Waals surface area contributed by atoms with Crippen LogP contribution in [0.5, 0.6) is 0 Å². The minimum Gasteiger partial charge on any atom is -0.0936 e. The Labute approximate surface area is 190 Å². The van der Waals surface area contributed by atoms with Gasteiger partial charge < -0.3 is 0 Å². The van der Waals surface area contributed by atoms with Gasteiger partial charge in [0, 0.05) is 9.79 Å². The van der Waals surface area contributed by atoms with Crippen molar-refractivity contribution in [1.29, 1.82) is 0 Å². The molecule has 0 aliphatic carbocycles. The second-order valence-corrected chi connectivity index (χ2v) is 15.8. The fraction of sp³-hybridized carbons (Fsp3) is 0.400. The molecule has 2 rings (SSSR count). The number of hydrogen-bond acceptors (Lipinski definition) is 1. The molecule has 0 nitrogen and oxygen atoms in total. The van der Waals surface area contributed by atoms with E-state index in [1.807, 2.05) is 0 Å². The van der Waals surface area contributed by atoms with Gasteiger partial charge in [0.2, 0.25) is 0 Å². The third-order valence-electron chi connectivity index (χ3n) is 4.63. The molecule has 0 fully saturated rings. The van der Waals surface area contributed by atoms with E-state index in [4.69, 9.17) is 0 Å². The maximum Gasteiger partial charge on any atom is 0.310 e. The first kappa shape index (κ1) is 28.0. The lowest BCUT2D eigenvalue weighted by molar-refractivity contribution is 0.360. The quantitative estimate of drug-likeness (QED) is 0.341. The zero-order valence-corrected chi connectivity index (χ0v) is 20.9. The molecule has 13 heteroatoms. The summed E-state index contributed by atoms with van der Waals surface area (Å²) < 4.78 is 133. The number of hydrogen-bond donors (Lipinski definition) is 0. The van der Waals surface area contributed by atoms with Crippen molar-refractivity contribution in [2.24, 2.45) is 0 Å². The average molecular weight is 551 g/mol. The lowest BCUT2D eigenvalue weighted by Gasteiger charge is -2.41. The predicted molar refractivity (Wildman–Crippen MR) is 117 cm³/mol. The van der Waals surface area contributed by atoms with Crippen LogP contribution < -0.4 is 0 Å². The normalized spacial score (nSPS) is 18.2. The maximum absolute atomic E-state index is 13.3. The van der Waals surface area contributed by atoms with Crippen LogP contribution in [-0.2, 0) is 10.8 Å². The van der Waals surface area contributed by atoms with Crippen LogP contribution in [0.4, 0.5) is 38.9 Å². The molecule has 0 heterocycles. The smallest absolute Gasteiger partial charge is 0.0936 e. The van der Waals surface area contributed by atoms with E-state index in [0.717, 1.165) is 23.9 Å². The fourth-order valence-corrected chi connectivity index (χ4v) is 5.76. The molecule has 0 amide bonds. The van der Waals surface area contributed by atoms with Gasteiger partial charge in [-0.05, 0) is 58.4 Å². The van der Waals surface area contributed by atoms with Gasteiger partial charge in [-0.1, -0.05) is 92.2 Å². The van der Waals surface area contributed by atoms with Crippen molar-refractivity contribution < 1.29 is 38.9 Å². The summed E-state index contributed by atoms with van der Waals surface area (Å²) in [5.41, 5.74) is -2.33. The molecule has 0 aliphatic rings. The van der Waals surface area contributed by atoms with Crippen LogP contribution in [0, 0.1) is 0 Å². The van der Waals surface area contributed by atoms with Crippen LogP contribution in [0.1, 0.15) is 52.7 Å². The molecular weight excluding hydrogens is 526 g/mol. The summed E-state index contributed by atoms with van der Waals surface area (Å²) in [5.74, 6) is 0.